The van der Waals surface area contributed by atoms with Crippen molar-refractivity contribution in [2.24, 2.45) is 0 Å². The van der Waals surface area contributed by atoms with Crippen LogP contribution in [0.5, 0.6) is 0 Å². The Morgan fingerprint density at radius 2 is 2.08 bits per heavy atom. The molecule has 3 rings (SSSR count). The number of hydrogen-bond acceptors (Lipinski definition) is 5. The summed E-state index contributed by atoms with van der Waals surface area (Å²) in [6, 6.07) is 9.07. The van der Waals surface area contributed by atoms with Gasteiger partial charge in [-0.25, -0.2) is 9.78 Å². The quantitative estimate of drug-likeness (QED) is 0.875. The minimum Gasteiger partial charge on any atom is -0.465 e. The second kappa shape index (κ2) is 6.70. The van der Waals surface area contributed by atoms with Gasteiger partial charge in [-0.2, -0.15) is 0 Å². The summed E-state index contributed by atoms with van der Waals surface area (Å²) in [4.78, 5) is 30.5. The van der Waals surface area contributed by atoms with Crippen LogP contribution in [0.15, 0.2) is 36.5 Å². The van der Waals surface area contributed by atoms with Crippen molar-refractivity contribution < 1.29 is 14.3 Å². The van der Waals surface area contributed by atoms with E-state index in [9.17, 15) is 9.59 Å². The SMILES string of the molecule is CNc1ccc(C(=O)N2CCc3c(cccc3C(=O)OC)C2)nc1. The van der Waals surface area contributed by atoms with Crippen LogP contribution < -0.4 is 5.32 Å². The first-order chi connectivity index (χ1) is 11.6. The van der Waals surface area contributed by atoms with Crippen molar-refractivity contribution in [1.82, 2.24) is 9.88 Å². The minimum atomic E-state index is -0.337. The van der Waals surface area contributed by atoms with E-state index in [1.165, 1.54) is 7.11 Å². The fraction of sp³-hybridized carbons (Fsp3) is 0.278. The van der Waals surface area contributed by atoms with E-state index in [0.717, 1.165) is 16.8 Å². The fourth-order valence-corrected chi connectivity index (χ4v) is 2.91. The number of nitrogens with zero attached hydrogens (tertiary/aromatic N) is 2. The maximum Gasteiger partial charge on any atom is 0.338 e. The number of hydrogen-bond donors (Lipinski definition) is 1. The molecule has 0 radical (unpaired) electrons. The number of pyridine rings is 1. The van der Waals surface area contributed by atoms with Gasteiger partial charge in [0.05, 0.1) is 24.6 Å². The molecule has 6 heteroatoms. The second-order valence-corrected chi connectivity index (χ2v) is 5.59. The Balaban J connectivity index is 1.82. The number of rotatable bonds is 3. The first-order valence-corrected chi connectivity index (χ1v) is 7.76. The van der Waals surface area contributed by atoms with E-state index in [4.69, 9.17) is 4.74 Å². The van der Waals surface area contributed by atoms with Gasteiger partial charge in [0.1, 0.15) is 5.69 Å². The van der Waals surface area contributed by atoms with Crippen LogP contribution in [0.25, 0.3) is 0 Å². The topological polar surface area (TPSA) is 71.5 Å². The third-order valence-corrected chi connectivity index (χ3v) is 4.23. The molecular formula is C18H19N3O3. The zero-order chi connectivity index (χ0) is 17.1. The zero-order valence-corrected chi connectivity index (χ0v) is 13.7. The van der Waals surface area contributed by atoms with Gasteiger partial charge in [-0.3, -0.25) is 4.79 Å². The molecule has 1 N–H and O–H groups in total. The van der Waals surface area contributed by atoms with Crippen molar-refractivity contribution >= 4 is 17.6 Å². The number of esters is 1. The van der Waals surface area contributed by atoms with Gasteiger partial charge >= 0.3 is 5.97 Å². The predicted molar refractivity (Wildman–Crippen MR) is 90.0 cm³/mol. The zero-order valence-electron chi connectivity index (χ0n) is 13.7. The monoisotopic (exact) mass is 325 g/mol. The highest BCUT2D eigenvalue weighted by molar-refractivity contribution is 5.94. The van der Waals surface area contributed by atoms with Crippen LogP contribution in [0.2, 0.25) is 0 Å². The highest BCUT2D eigenvalue weighted by Gasteiger charge is 2.25. The molecule has 0 saturated heterocycles. The molecule has 0 unspecified atom stereocenters. The predicted octanol–water partition coefficient (Wildman–Crippen LogP) is 2.11. The van der Waals surface area contributed by atoms with Gasteiger partial charge in [-0.1, -0.05) is 12.1 Å². The molecule has 1 aromatic heterocycles. The highest BCUT2D eigenvalue weighted by Crippen LogP contribution is 2.24. The lowest BCUT2D eigenvalue weighted by Gasteiger charge is -2.29. The molecule has 0 bridgehead atoms. The van der Waals surface area contributed by atoms with Crippen LogP contribution in [0.3, 0.4) is 0 Å². The summed E-state index contributed by atoms with van der Waals surface area (Å²) in [6.45, 7) is 1.02. The minimum absolute atomic E-state index is 0.105. The van der Waals surface area contributed by atoms with Crippen molar-refractivity contribution in [3.63, 3.8) is 0 Å². The number of benzene rings is 1. The summed E-state index contributed by atoms with van der Waals surface area (Å²) in [5.74, 6) is -0.442. The third kappa shape index (κ3) is 2.95. The average molecular weight is 325 g/mol. The maximum absolute atomic E-state index is 12.6. The lowest BCUT2D eigenvalue weighted by Crippen LogP contribution is -2.37. The van der Waals surface area contributed by atoms with Crippen LogP contribution in [0.4, 0.5) is 5.69 Å². The van der Waals surface area contributed by atoms with Crippen LogP contribution in [-0.2, 0) is 17.7 Å². The highest BCUT2D eigenvalue weighted by atomic mass is 16.5. The number of fused-ring (bicyclic) bond motifs is 1. The van der Waals surface area contributed by atoms with Crippen LogP contribution in [-0.4, -0.2) is 42.5 Å². The number of ether oxygens (including phenoxy) is 1. The molecular weight excluding hydrogens is 306 g/mol. The van der Waals surface area contributed by atoms with Gasteiger partial charge in [-0.05, 0) is 35.7 Å². The van der Waals surface area contributed by atoms with Gasteiger partial charge in [0.25, 0.3) is 5.91 Å². The lowest BCUT2D eigenvalue weighted by molar-refractivity contribution is 0.0598. The Bertz CT molecular complexity index is 772. The van der Waals surface area contributed by atoms with E-state index in [2.05, 4.69) is 10.3 Å². The standard InChI is InChI=1S/C18H19N3O3/c1-19-13-6-7-16(20-10-13)17(22)21-9-8-14-12(11-21)4-3-5-15(14)18(23)24-2/h3-7,10,19H,8-9,11H2,1-2H3. The van der Waals surface area contributed by atoms with E-state index in [0.29, 0.717) is 30.8 Å². The molecule has 0 aliphatic carbocycles. The summed E-state index contributed by atoms with van der Waals surface area (Å²) in [7, 11) is 3.18. The first-order valence-electron chi connectivity index (χ1n) is 7.76. The normalized spacial score (nSPS) is 13.2. The molecule has 0 atom stereocenters. The molecule has 0 saturated carbocycles. The van der Waals surface area contributed by atoms with Gasteiger partial charge in [0.15, 0.2) is 0 Å². The van der Waals surface area contributed by atoms with Crippen molar-refractivity contribution in [3.8, 4) is 0 Å². The molecule has 6 nitrogen and oxygen atoms in total. The van der Waals surface area contributed by atoms with Gasteiger partial charge < -0.3 is 15.0 Å². The lowest BCUT2D eigenvalue weighted by atomic mass is 9.94. The Kier molecular flexibility index (Phi) is 4.46. The summed E-state index contributed by atoms with van der Waals surface area (Å²) >= 11 is 0. The number of nitrogens with one attached hydrogen (secondary N) is 1. The average Bonchev–Trinajstić information content (AvgIpc) is 2.65. The van der Waals surface area contributed by atoms with Crippen molar-refractivity contribution in [2.75, 3.05) is 26.0 Å². The van der Waals surface area contributed by atoms with Crippen molar-refractivity contribution in [2.45, 2.75) is 13.0 Å². The number of amides is 1. The Hall–Kier alpha value is -2.89. The van der Waals surface area contributed by atoms with E-state index >= 15 is 0 Å². The van der Waals surface area contributed by atoms with E-state index in [1.807, 2.05) is 18.2 Å². The molecule has 1 aliphatic heterocycles. The Morgan fingerprint density at radius 3 is 2.75 bits per heavy atom. The molecule has 1 aromatic carbocycles. The fourth-order valence-electron chi connectivity index (χ4n) is 2.91. The van der Waals surface area contributed by atoms with Gasteiger partial charge in [0, 0.05) is 20.1 Å². The molecule has 0 spiro atoms. The molecule has 124 valence electrons. The first kappa shape index (κ1) is 16.0. The number of aromatic nitrogens is 1. The van der Waals surface area contributed by atoms with Crippen molar-refractivity contribution in [1.29, 1.82) is 0 Å². The van der Waals surface area contributed by atoms with Gasteiger partial charge in [-0.15, -0.1) is 0 Å². The largest absolute Gasteiger partial charge is 0.465 e. The van der Waals surface area contributed by atoms with Gasteiger partial charge in [0.2, 0.25) is 0 Å². The number of methoxy groups -OCH3 is 1. The van der Waals surface area contributed by atoms with Crippen LogP contribution in [0, 0.1) is 0 Å². The second-order valence-electron chi connectivity index (χ2n) is 5.59. The summed E-state index contributed by atoms with van der Waals surface area (Å²) in [6.07, 6.45) is 2.27. The van der Waals surface area contributed by atoms with E-state index in [1.54, 1.807) is 30.3 Å². The van der Waals surface area contributed by atoms with Crippen molar-refractivity contribution in [3.05, 3.63) is 58.9 Å². The summed E-state index contributed by atoms with van der Waals surface area (Å²) < 4.78 is 4.83. The van der Waals surface area contributed by atoms with Crippen LogP contribution >= 0.6 is 0 Å². The molecule has 1 aliphatic rings. The molecule has 24 heavy (non-hydrogen) atoms. The molecule has 2 heterocycles. The number of carbonyl (C=O) groups excluding carboxylic acids is 2. The molecule has 2 aromatic rings. The number of anilines is 1. The summed E-state index contributed by atoms with van der Waals surface area (Å²) in [5.41, 5.74) is 3.80. The number of carbonyl (C=O) groups is 2. The summed E-state index contributed by atoms with van der Waals surface area (Å²) in [5, 5.41) is 2.98. The molecule has 0 fully saturated rings. The van der Waals surface area contributed by atoms with Crippen LogP contribution in [0.1, 0.15) is 32.0 Å². The molecule has 1 amide bonds. The van der Waals surface area contributed by atoms with E-state index in [-0.39, 0.29) is 11.9 Å². The third-order valence-electron chi connectivity index (χ3n) is 4.23. The van der Waals surface area contributed by atoms with E-state index < -0.39 is 0 Å². The maximum atomic E-state index is 12.6. The Morgan fingerprint density at radius 1 is 1.25 bits per heavy atom. The smallest absolute Gasteiger partial charge is 0.338 e. The Labute approximate surface area is 140 Å².